The molecule has 5 aliphatic carbocycles. The molecule has 13 aliphatic rings. The molecule has 5 unspecified atom stereocenters. The van der Waals surface area contributed by atoms with Crippen molar-refractivity contribution in [3.63, 3.8) is 0 Å². The fourth-order valence-corrected chi connectivity index (χ4v) is 10.8. The molecule has 4 bridgehead atoms. The van der Waals surface area contributed by atoms with Crippen LogP contribution in [0.2, 0.25) is 0 Å². The molecule has 0 saturated heterocycles. The fraction of sp³-hybridized carbons (Fsp3) is 0.380. The molecular formula is C50H50N6. The first-order chi connectivity index (χ1) is 27.7. The highest BCUT2D eigenvalue weighted by Gasteiger charge is 2.38. The van der Waals surface area contributed by atoms with Crippen LogP contribution in [0.4, 0.5) is 0 Å². The Kier molecular flexibility index (Phi) is 8.74. The SMILES string of the molecule is C1=CC2=C3N=C(CC=NC/C=C4/C=CC5CC=C1C3C5=N4)CC2.C1=CC2=CCCC3C=CCC(C1)N23.C1=NC2C(=C1)CC=C1CC=C3CC=C4CCN=C4C3=C12. The minimum absolute atomic E-state index is 0.258. The van der Waals surface area contributed by atoms with E-state index in [1.807, 2.05) is 12.4 Å². The van der Waals surface area contributed by atoms with Crippen LogP contribution in [0.1, 0.15) is 77.0 Å². The van der Waals surface area contributed by atoms with Crippen molar-refractivity contribution in [3.8, 4) is 0 Å². The van der Waals surface area contributed by atoms with Crippen molar-refractivity contribution in [1.29, 1.82) is 0 Å². The number of hydrogen-bond donors (Lipinski definition) is 0. The zero-order valence-corrected chi connectivity index (χ0v) is 32.3. The lowest BCUT2D eigenvalue weighted by Gasteiger charge is -2.45. The molecule has 6 heteroatoms. The first-order valence-corrected chi connectivity index (χ1v) is 21.3. The Balaban J connectivity index is 0.000000101. The van der Waals surface area contributed by atoms with Gasteiger partial charge >= 0.3 is 0 Å². The van der Waals surface area contributed by atoms with Crippen LogP contribution in [0.3, 0.4) is 0 Å². The van der Waals surface area contributed by atoms with Gasteiger partial charge in [0.05, 0.1) is 35.6 Å². The topological polar surface area (TPSA) is 65.0 Å². The van der Waals surface area contributed by atoms with Crippen molar-refractivity contribution in [1.82, 2.24) is 4.90 Å². The summed E-state index contributed by atoms with van der Waals surface area (Å²) < 4.78 is 0. The Hall–Kier alpha value is -5.23. The first-order valence-electron chi connectivity index (χ1n) is 21.3. The fourth-order valence-electron chi connectivity index (χ4n) is 10.8. The van der Waals surface area contributed by atoms with Gasteiger partial charge in [-0.05, 0) is 134 Å². The summed E-state index contributed by atoms with van der Waals surface area (Å²) in [4.78, 5) is 26.7. The number of nitrogens with zero attached hydrogens (tertiary/aromatic N) is 6. The maximum Gasteiger partial charge on any atom is 0.0975 e. The molecule has 0 aromatic rings. The summed E-state index contributed by atoms with van der Waals surface area (Å²) in [6.45, 7) is 1.66. The highest BCUT2D eigenvalue weighted by molar-refractivity contribution is 6.18. The average molecular weight is 735 g/mol. The van der Waals surface area contributed by atoms with E-state index in [-0.39, 0.29) is 12.0 Å². The van der Waals surface area contributed by atoms with E-state index in [0.29, 0.717) is 18.5 Å². The molecule has 0 aromatic heterocycles. The molecule has 0 N–H and O–H groups in total. The van der Waals surface area contributed by atoms with Crippen LogP contribution in [0.25, 0.3) is 0 Å². The predicted molar refractivity (Wildman–Crippen MR) is 232 cm³/mol. The number of fused-ring (bicyclic) bond motifs is 7. The number of hydrogen-bond acceptors (Lipinski definition) is 6. The Labute approximate surface area is 331 Å². The second kappa shape index (κ2) is 14.4. The molecule has 0 fully saturated rings. The molecule has 0 spiro atoms. The van der Waals surface area contributed by atoms with E-state index < -0.39 is 0 Å². The monoisotopic (exact) mass is 734 g/mol. The maximum atomic E-state index is 5.05. The lowest BCUT2D eigenvalue weighted by Crippen LogP contribution is -2.45. The quantitative estimate of drug-likeness (QED) is 0.229. The smallest absolute Gasteiger partial charge is 0.0975 e. The minimum atomic E-state index is 0.258. The molecule has 0 aromatic carbocycles. The first kappa shape index (κ1) is 34.1. The largest absolute Gasteiger partial charge is 0.362 e. The Morgan fingerprint density at radius 1 is 0.750 bits per heavy atom. The van der Waals surface area contributed by atoms with Gasteiger partial charge in [-0.1, -0.05) is 66.8 Å². The van der Waals surface area contributed by atoms with E-state index in [1.165, 1.54) is 98.8 Å². The Morgan fingerprint density at radius 2 is 1.68 bits per heavy atom. The third-order valence-corrected chi connectivity index (χ3v) is 13.6. The third kappa shape index (κ3) is 6.04. The molecule has 6 nitrogen and oxygen atoms in total. The highest BCUT2D eigenvalue weighted by Crippen LogP contribution is 2.46. The van der Waals surface area contributed by atoms with E-state index >= 15 is 0 Å². The second-order valence-electron chi connectivity index (χ2n) is 16.8. The summed E-state index contributed by atoms with van der Waals surface area (Å²) in [5.41, 5.74) is 19.1. The molecular weight excluding hydrogens is 685 g/mol. The molecule has 280 valence electrons. The Morgan fingerprint density at radius 3 is 2.68 bits per heavy atom. The predicted octanol–water partition coefficient (Wildman–Crippen LogP) is 10.1. The van der Waals surface area contributed by atoms with E-state index in [2.05, 4.69) is 101 Å². The van der Waals surface area contributed by atoms with E-state index in [0.717, 1.165) is 69.7 Å². The van der Waals surface area contributed by atoms with Gasteiger partial charge in [-0.3, -0.25) is 25.0 Å². The summed E-state index contributed by atoms with van der Waals surface area (Å²) in [5.74, 6) is 0.682. The zero-order chi connectivity index (χ0) is 37.0. The number of rotatable bonds is 0. The standard InChI is InChI=1S/C20H19N3.C18H16N2.C12H15N/c1-3-14-5-7-16-9-11-21-12-10-17-8-6-15-4-2-13(1)18(19(14)22-16)20(15)23-17;1-2-12-4-6-14-8-10-20-18(14)16(12)15-11(1)3-5-13-7-9-19-17(13)15;1-4-10-6-2-8-12-9-3-7-11(5-1)13(10)12/h1-3,6,8,10-11,15,18H,4-5,7,9,12H2;1,4-5,8,10,18H,2-3,6-7,9H2;1-2,5,7-8,10,12H,3-4,6,9H2/b17-10-,21-11?;;. The summed E-state index contributed by atoms with van der Waals surface area (Å²) in [6.07, 6.45) is 52.1. The zero-order valence-electron chi connectivity index (χ0n) is 32.3. The van der Waals surface area contributed by atoms with E-state index in [4.69, 9.17) is 20.0 Å². The van der Waals surface area contributed by atoms with Crippen LogP contribution >= 0.6 is 0 Å². The van der Waals surface area contributed by atoms with Gasteiger partial charge in [0, 0.05) is 66.1 Å². The number of allylic oxidation sites excluding steroid dienone is 15. The molecule has 13 rings (SSSR count). The number of dihydropyridines is 1. The van der Waals surface area contributed by atoms with Gasteiger partial charge in [-0.2, -0.15) is 0 Å². The van der Waals surface area contributed by atoms with Gasteiger partial charge in [0.15, 0.2) is 0 Å². The molecule has 0 radical (unpaired) electrons. The van der Waals surface area contributed by atoms with Gasteiger partial charge in [0.2, 0.25) is 0 Å². The van der Waals surface area contributed by atoms with Crippen LogP contribution in [-0.2, 0) is 0 Å². The number of aliphatic imine (C=N–C) groups is 5. The van der Waals surface area contributed by atoms with Crippen LogP contribution in [-0.4, -0.2) is 65.7 Å². The maximum absolute atomic E-state index is 5.05. The van der Waals surface area contributed by atoms with Crippen molar-refractivity contribution in [2.24, 2.45) is 36.8 Å². The Bertz CT molecular complexity index is 2340. The molecule has 8 heterocycles. The molecule has 8 aliphatic heterocycles. The van der Waals surface area contributed by atoms with Gasteiger partial charge in [0.1, 0.15) is 0 Å². The van der Waals surface area contributed by atoms with Gasteiger partial charge in [0.25, 0.3) is 0 Å². The van der Waals surface area contributed by atoms with Gasteiger partial charge < -0.3 is 4.90 Å². The summed E-state index contributed by atoms with van der Waals surface area (Å²) in [7, 11) is 0. The van der Waals surface area contributed by atoms with Crippen LogP contribution < -0.4 is 0 Å². The average Bonchev–Trinajstić information content (AvgIpc) is 3.94. The lowest BCUT2D eigenvalue weighted by molar-refractivity contribution is 0.183. The van der Waals surface area contributed by atoms with Crippen molar-refractivity contribution < 1.29 is 0 Å². The van der Waals surface area contributed by atoms with Crippen molar-refractivity contribution in [2.75, 3.05) is 13.1 Å². The van der Waals surface area contributed by atoms with Gasteiger partial charge in [-0.25, -0.2) is 0 Å². The normalized spacial score (nSPS) is 32.5. The third-order valence-electron chi connectivity index (χ3n) is 13.6. The molecule has 5 atom stereocenters. The van der Waals surface area contributed by atoms with Gasteiger partial charge in [-0.15, -0.1) is 0 Å². The summed E-state index contributed by atoms with van der Waals surface area (Å²) >= 11 is 0. The van der Waals surface area contributed by atoms with Crippen LogP contribution in [0.5, 0.6) is 0 Å². The molecule has 56 heavy (non-hydrogen) atoms. The van der Waals surface area contributed by atoms with E-state index in [1.54, 1.807) is 0 Å². The molecule has 0 amide bonds. The molecule has 0 saturated carbocycles. The van der Waals surface area contributed by atoms with Crippen molar-refractivity contribution >= 4 is 29.6 Å². The summed E-state index contributed by atoms with van der Waals surface area (Å²) in [6, 6.07) is 1.73. The second-order valence-corrected chi connectivity index (χ2v) is 16.8. The van der Waals surface area contributed by atoms with E-state index in [9.17, 15) is 0 Å². The van der Waals surface area contributed by atoms with Crippen molar-refractivity contribution in [3.05, 3.63) is 153 Å². The minimum Gasteiger partial charge on any atom is -0.362 e. The van der Waals surface area contributed by atoms with Crippen LogP contribution in [0.15, 0.2) is 178 Å². The lowest BCUT2D eigenvalue weighted by atomic mass is 9.72. The van der Waals surface area contributed by atoms with Crippen molar-refractivity contribution in [2.45, 2.75) is 95.2 Å². The van der Waals surface area contributed by atoms with Crippen LogP contribution in [0, 0.1) is 11.8 Å². The summed E-state index contributed by atoms with van der Waals surface area (Å²) in [5, 5.41) is 0. The highest BCUT2D eigenvalue weighted by atomic mass is 15.2.